The number of nitrogens with two attached hydrogens (primary N) is 1. The zero-order valence-corrected chi connectivity index (χ0v) is 12.9. The maximum absolute atomic E-state index is 6.09. The van der Waals surface area contributed by atoms with Gasteiger partial charge < -0.3 is 10.3 Å². The fourth-order valence-corrected chi connectivity index (χ4v) is 2.75. The highest BCUT2D eigenvalue weighted by Gasteiger charge is 2.16. The van der Waals surface area contributed by atoms with E-state index in [1.165, 1.54) is 16.8 Å². The molecule has 21 heavy (non-hydrogen) atoms. The number of benzene rings is 1. The van der Waals surface area contributed by atoms with Gasteiger partial charge in [-0.3, -0.25) is 0 Å². The zero-order chi connectivity index (χ0) is 15.1. The van der Waals surface area contributed by atoms with Gasteiger partial charge in [-0.05, 0) is 38.8 Å². The zero-order valence-electron chi connectivity index (χ0n) is 12.9. The van der Waals surface area contributed by atoms with Crippen LogP contribution in [0.4, 0.5) is 5.82 Å². The molecule has 0 aliphatic heterocycles. The second-order valence-corrected chi connectivity index (χ2v) is 5.64. The van der Waals surface area contributed by atoms with Gasteiger partial charge in [0, 0.05) is 12.2 Å². The molecule has 0 fully saturated rings. The summed E-state index contributed by atoms with van der Waals surface area (Å²) >= 11 is 0. The second kappa shape index (κ2) is 4.88. The van der Waals surface area contributed by atoms with Crippen molar-refractivity contribution < 1.29 is 0 Å². The van der Waals surface area contributed by atoms with Crippen LogP contribution in [0.15, 0.2) is 24.3 Å². The first kappa shape index (κ1) is 13.6. The van der Waals surface area contributed by atoms with Crippen molar-refractivity contribution in [1.82, 2.24) is 14.5 Å². The molecule has 1 aromatic carbocycles. The van der Waals surface area contributed by atoms with Gasteiger partial charge in [-0.2, -0.15) is 0 Å². The topological polar surface area (TPSA) is 56.7 Å². The van der Waals surface area contributed by atoms with Crippen LogP contribution in [0, 0.1) is 27.7 Å². The lowest BCUT2D eigenvalue weighted by Crippen LogP contribution is -2.04. The molecule has 0 saturated heterocycles. The van der Waals surface area contributed by atoms with Crippen molar-refractivity contribution in [2.24, 2.45) is 0 Å². The molecule has 2 heterocycles. The van der Waals surface area contributed by atoms with Crippen LogP contribution < -0.4 is 5.73 Å². The molecule has 0 aliphatic rings. The number of nitrogens with zero attached hydrogens (tertiary/aromatic N) is 3. The predicted octanol–water partition coefficient (Wildman–Crippen LogP) is 3.30. The monoisotopic (exact) mass is 280 g/mol. The van der Waals surface area contributed by atoms with Crippen LogP contribution in [0.1, 0.15) is 28.2 Å². The van der Waals surface area contributed by atoms with Gasteiger partial charge in [0.15, 0.2) is 0 Å². The Morgan fingerprint density at radius 1 is 1.00 bits per heavy atom. The Bertz CT molecular complexity index is 813. The molecule has 4 nitrogen and oxygen atoms in total. The van der Waals surface area contributed by atoms with Gasteiger partial charge in [0.05, 0.1) is 5.39 Å². The average Bonchev–Trinajstić information content (AvgIpc) is 2.66. The third kappa shape index (κ3) is 2.27. The number of fused-ring (bicyclic) bond motifs is 1. The number of anilines is 1. The van der Waals surface area contributed by atoms with E-state index in [2.05, 4.69) is 59.6 Å². The lowest BCUT2D eigenvalue weighted by atomic mass is 10.1. The molecule has 3 rings (SSSR count). The highest BCUT2D eigenvalue weighted by atomic mass is 15.1. The molecule has 0 amide bonds. The van der Waals surface area contributed by atoms with Crippen molar-refractivity contribution in [3.05, 3.63) is 52.5 Å². The van der Waals surface area contributed by atoms with E-state index >= 15 is 0 Å². The number of rotatable bonds is 2. The van der Waals surface area contributed by atoms with E-state index in [4.69, 9.17) is 5.73 Å². The van der Waals surface area contributed by atoms with E-state index in [9.17, 15) is 0 Å². The number of hydrogen-bond donors (Lipinski definition) is 1. The molecule has 2 N–H and O–H groups in total. The van der Waals surface area contributed by atoms with Gasteiger partial charge in [-0.25, -0.2) is 9.97 Å². The molecule has 0 unspecified atom stereocenters. The molecule has 0 atom stereocenters. The predicted molar refractivity (Wildman–Crippen MR) is 86.4 cm³/mol. The van der Waals surface area contributed by atoms with Crippen LogP contribution in [0.2, 0.25) is 0 Å². The van der Waals surface area contributed by atoms with Crippen LogP contribution >= 0.6 is 0 Å². The van der Waals surface area contributed by atoms with Crippen molar-refractivity contribution in [2.75, 3.05) is 5.73 Å². The summed E-state index contributed by atoms with van der Waals surface area (Å²) in [5.74, 6) is 1.28. The van der Waals surface area contributed by atoms with Crippen LogP contribution in [-0.2, 0) is 6.54 Å². The first-order valence-corrected chi connectivity index (χ1v) is 7.12. The smallest absolute Gasteiger partial charge is 0.146 e. The third-order valence-electron chi connectivity index (χ3n) is 4.07. The summed E-state index contributed by atoms with van der Waals surface area (Å²) in [6.07, 6.45) is 0. The quantitative estimate of drug-likeness (QED) is 0.783. The van der Waals surface area contributed by atoms with E-state index in [0.717, 1.165) is 23.1 Å². The summed E-state index contributed by atoms with van der Waals surface area (Å²) in [5.41, 5.74) is 11.9. The van der Waals surface area contributed by atoms with Crippen molar-refractivity contribution >= 4 is 16.9 Å². The normalized spacial score (nSPS) is 11.2. The van der Waals surface area contributed by atoms with Crippen LogP contribution in [0.3, 0.4) is 0 Å². The molecule has 0 bridgehead atoms. The Labute approximate surface area is 124 Å². The second-order valence-electron chi connectivity index (χ2n) is 5.64. The summed E-state index contributed by atoms with van der Waals surface area (Å²) in [4.78, 5) is 8.89. The van der Waals surface area contributed by atoms with Gasteiger partial charge in [-0.15, -0.1) is 0 Å². The van der Waals surface area contributed by atoms with Gasteiger partial charge in [0.25, 0.3) is 0 Å². The van der Waals surface area contributed by atoms with E-state index in [0.29, 0.717) is 11.6 Å². The summed E-state index contributed by atoms with van der Waals surface area (Å²) in [5, 5.41) is 0.977. The lowest BCUT2D eigenvalue weighted by molar-refractivity contribution is 0.787. The lowest BCUT2D eigenvalue weighted by Gasteiger charge is -2.09. The average molecular weight is 280 g/mol. The molecule has 3 aromatic rings. The summed E-state index contributed by atoms with van der Waals surface area (Å²) in [6, 6.07) is 8.59. The molecule has 0 radical (unpaired) electrons. The molecule has 0 saturated carbocycles. The van der Waals surface area contributed by atoms with Crippen molar-refractivity contribution in [3.63, 3.8) is 0 Å². The molecular formula is C17H20N4. The summed E-state index contributed by atoms with van der Waals surface area (Å²) in [7, 11) is 0. The Kier molecular flexibility index (Phi) is 3.16. The van der Waals surface area contributed by atoms with Crippen molar-refractivity contribution in [1.29, 1.82) is 0 Å². The summed E-state index contributed by atoms with van der Waals surface area (Å²) < 4.78 is 2.22. The van der Waals surface area contributed by atoms with Gasteiger partial charge in [0.2, 0.25) is 0 Å². The van der Waals surface area contributed by atoms with E-state index in [1.807, 2.05) is 6.92 Å². The molecule has 2 aromatic heterocycles. The maximum Gasteiger partial charge on any atom is 0.146 e. The fraction of sp³-hybridized carbons (Fsp3) is 0.294. The van der Waals surface area contributed by atoms with Crippen LogP contribution in [-0.4, -0.2) is 14.5 Å². The number of nitrogen functional groups attached to an aromatic ring is 1. The Balaban J connectivity index is 2.18. The van der Waals surface area contributed by atoms with E-state index in [1.54, 1.807) is 0 Å². The maximum atomic E-state index is 6.09. The fourth-order valence-electron chi connectivity index (χ4n) is 2.75. The molecule has 0 spiro atoms. The number of hydrogen-bond acceptors (Lipinski definition) is 3. The first-order valence-electron chi connectivity index (χ1n) is 7.12. The Morgan fingerprint density at radius 3 is 2.33 bits per heavy atom. The minimum atomic E-state index is 0.570. The minimum absolute atomic E-state index is 0.570. The number of aromatic nitrogens is 3. The van der Waals surface area contributed by atoms with Gasteiger partial charge >= 0.3 is 0 Å². The molecular weight excluding hydrogens is 260 g/mol. The molecule has 4 heteroatoms. The molecule has 108 valence electrons. The van der Waals surface area contributed by atoms with Crippen LogP contribution in [0.25, 0.3) is 11.0 Å². The standard InChI is InChI=1S/C17H20N4/c1-10-5-7-14(8-6-10)9-21-12(3)11(2)15-16(18)19-13(4)20-17(15)21/h5-8H,9H2,1-4H3,(H2,18,19,20). The van der Waals surface area contributed by atoms with E-state index < -0.39 is 0 Å². The van der Waals surface area contributed by atoms with Crippen LogP contribution in [0.5, 0.6) is 0 Å². The Hall–Kier alpha value is -2.36. The van der Waals surface area contributed by atoms with E-state index in [-0.39, 0.29) is 0 Å². The van der Waals surface area contributed by atoms with Crippen molar-refractivity contribution in [2.45, 2.75) is 34.2 Å². The first-order chi connectivity index (χ1) is 9.97. The van der Waals surface area contributed by atoms with Crippen molar-refractivity contribution in [3.8, 4) is 0 Å². The van der Waals surface area contributed by atoms with Gasteiger partial charge in [-0.1, -0.05) is 29.8 Å². The number of aryl methyl sites for hydroxylation is 3. The Morgan fingerprint density at radius 2 is 1.67 bits per heavy atom. The SMILES string of the molecule is Cc1ccc(Cn2c(C)c(C)c3c(N)nc(C)nc32)cc1. The largest absolute Gasteiger partial charge is 0.383 e. The molecule has 0 aliphatic carbocycles. The summed E-state index contributed by atoms with van der Waals surface area (Å²) in [6.45, 7) is 8.97. The highest BCUT2D eigenvalue weighted by Crippen LogP contribution is 2.28. The highest BCUT2D eigenvalue weighted by molar-refractivity contribution is 5.91. The van der Waals surface area contributed by atoms with Gasteiger partial charge in [0.1, 0.15) is 17.3 Å². The minimum Gasteiger partial charge on any atom is -0.383 e. The third-order valence-corrected chi connectivity index (χ3v) is 4.07.